The smallest absolute Gasteiger partial charge is 0.410 e. The van der Waals surface area contributed by atoms with E-state index in [4.69, 9.17) is 9.47 Å². The molecular formula is C12H21NO3. The Morgan fingerprint density at radius 2 is 2.12 bits per heavy atom. The molecule has 1 amide bonds. The third-order valence-corrected chi connectivity index (χ3v) is 3.27. The van der Waals surface area contributed by atoms with Gasteiger partial charge >= 0.3 is 6.09 Å². The summed E-state index contributed by atoms with van der Waals surface area (Å²) in [5.74, 6) is 0. The molecule has 2 aliphatic heterocycles. The Balaban J connectivity index is 1.91. The number of amides is 1. The summed E-state index contributed by atoms with van der Waals surface area (Å²) in [7, 11) is 0. The van der Waals surface area contributed by atoms with Gasteiger partial charge in [0.1, 0.15) is 5.60 Å². The fourth-order valence-electron chi connectivity index (χ4n) is 2.39. The van der Waals surface area contributed by atoms with Crippen LogP contribution in [0.5, 0.6) is 0 Å². The van der Waals surface area contributed by atoms with Gasteiger partial charge in [0.2, 0.25) is 0 Å². The normalized spacial score (nSPS) is 30.1. The molecule has 4 heteroatoms. The molecule has 2 rings (SSSR count). The van der Waals surface area contributed by atoms with E-state index in [9.17, 15) is 4.79 Å². The van der Waals surface area contributed by atoms with Crippen LogP contribution >= 0.6 is 0 Å². The van der Waals surface area contributed by atoms with Crippen molar-refractivity contribution in [3.63, 3.8) is 0 Å². The summed E-state index contributed by atoms with van der Waals surface area (Å²) in [6, 6.07) is 0. The van der Waals surface area contributed by atoms with Gasteiger partial charge in [0, 0.05) is 25.1 Å². The highest BCUT2D eigenvalue weighted by Crippen LogP contribution is 2.38. The zero-order valence-electron chi connectivity index (χ0n) is 10.4. The van der Waals surface area contributed by atoms with E-state index in [-0.39, 0.29) is 11.5 Å². The summed E-state index contributed by atoms with van der Waals surface area (Å²) in [4.78, 5) is 13.7. The molecule has 0 aliphatic carbocycles. The number of carbonyl (C=O) groups excluding carboxylic acids is 1. The number of nitrogens with zero attached hydrogens (tertiary/aromatic N) is 1. The topological polar surface area (TPSA) is 38.8 Å². The van der Waals surface area contributed by atoms with E-state index in [1.165, 1.54) is 0 Å². The maximum absolute atomic E-state index is 11.9. The van der Waals surface area contributed by atoms with Gasteiger partial charge in [-0.2, -0.15) is 0 Å². The van der Waals surface area contributed by atoms with E-state index < -0.39 is 5.60 Å². The Labute approximate surface area is 96.9 Å². The number of hydrogen-bond donors (Lipinski definition) is 0. The zero-order valence-corrected chi connectivity index (χ0v) is 10.4. The van der Waals surface area contributed by atoms with Gasteiger partial charge in [-0.15, -0.1) is 0 Å². The first-order valence-electron chi connectivity index (χ1n) is 5.96. The monoisotopic (exact) mass is 227 g/mol. The van der Waals surface area contributed by atoms with Crippen LogP contribution in [0.2, 0.25) is 0 Å². The van der Waals surface area contributed by atoms with Crippen LogP contribution in [0.15, 0.2) is 0 Å². The number of ether oxygens (including phenoxy) is 2. The predicted molar refractivity (Wildman–Crippen MR) is 60.3 cm³/mol. The third-order valence-electron chi connectivity index (χ3n) is 3.27. The van der Waals surface area contributed by atoms with Crippen molar-refractivity contribution in [1.82, 2.24) is 4.90 Å². The molecule has 0 bridgehead atoms. The van der Waals surface area contributed by atoms with Crippen LogP contribution in [0, 0.1) is 5.41 Å². The van der Waals surface area contributed by atoms with Crippen LogP contribution in [-0.2, 0) is 9.47 Å². The summed E-state index contributed by atoms with van der Waals surface area (Å²) < 4.78 is 10.8. The highest BCUT2D eigenvalue weighted by atomic mass is 16.6. The van der Waals surface area contributed by atoms with Gasteiger partial charge in [-0.05, 0) is 33.6 Å². The highest BCUT2D eigenvalue weighted by Gasteiger charge is 2.43. The highest BCUT2D eigenvalue weighted by molar-refractivity contribution is 5.68. The van der Waals surface area contributed by atoms with Crippen LogP contribution in [0.1, 0.15) is 33.6 Å². The first kappa shape index (κ1) is 11.7. The van der Waals surface area contributed by atoms with Gasteiger partial charge in [0.25, 0.3) is 0 Å². The van der Waals surface area contributed by atoms with Crippen molar-refractivity contribution >= 4 is 6.09 Å². The Hall–Kier alpha value is -0.770. The van der Waals surface area contributed by atoms with E-state index in [1.807, 2.05) is 25.7 Å². The lowest BCUT2D eigenvalue weighted by molar-refractivity contribution is 0.0269. The number of rotatable bonds is 0. The van der Waals surface area contributed by atoms with E-state index in [0.29, 0.717) is 0 Å². The van der Waals surface area contributed by atoms with Crippen LogP contribution in [-0.4, -0.2) is 42.9 Å². The molecule has 0 saturated carbocycles. The quantitative estimate of drug-likeness (QED) is 0.635. The van der Waals surface area contributed by atoms with Crippen molar-refractivity contribution in [2.24, 2.45) is 5.41 Å². The van der Waals surface area contributed by atoms with E-state index >= 15 is 0 Å². The molecule has 0 aromatic rings. The minimum atomic E-state index is -0.404. The van der Waals surface area contributed by atoms with Crippen LogP contribution in [0.4, 0.5) is 4.79 Å². The van der Waals surface area contributed by atoms with Gasteiger partial charge in [0.15, 0.2) is 0 Å². The van der Waals surface area contributed by atoms with Crippen LogP contribution in [0.3, 0.4) is 0 Å². The Bertz CT molecular complexity index is 276. The number of hydrogen-bond acceptors (Lipinski definition) is 3. The fourth-order valence-corrected chi connectivity index (χ4v) is 2.39. The molecule has 2 heterocycles. The van der Waals surface area contributed by atoms with Crippen molar-refractivity contribution in [2.45, 2.75) is 39.2 Å². The Morgan fingerprint density at radius 1 is 1.38 bits per heavy atom. The average molecular weight is 227 g/mol. The number of likely N-dealkylation sites (tertiary alicyclic amines) is 1. The molecule has 92 valence electrons. The van der Waals surface area contributed by atoms with Gasteiger partial charge in [0.05, 0.1) is 6.61 Å². The molecule has 0 aromatic heterocycles. The summed E-state index contributed by atoms with van der Waals surface area (Å²) in [6.45, 7) is 8.93. The molecule has 2 fully saturated rings. The summed E-state index contributed by atoms with van der Waals surface area (Å²) >= 11 is 0. The lowest BCUT2D eigenvalue weighted by Crippen LogP contribution is -2.37. The number of carbonyl (C=O) groups is 1. The molecule has 1 spiro atoms. The maximum Gasteiger partial charge on any atom is 0.410 e. The molecule has 0 N–H and O–H groups in total. The first-order valence-corrected chi connectivity index (χ1v) is 5.96. The molecule has 2 aliphatic rings. The standard InChI is InChI=1S/C12H21NO3/c1-11(2,3)16-10(14)13-6-4-12(8-13)5-7-15-9-12/h4-9H2,1-3H3. The second-order valence-corrected chi connectivity index (χ2v) is 5.95. The Morgan fingerprint density at radius 3 is 2.69 bits per heavy atom. The lowest BCUT2D eigenvalue weighted by atomic mass is 9.87. The second-order valence-electron chi connectivity index (χ2n) is 5.95. The van der Waals surface area contributed by atoms with Crippen molar-refractivity contribution in [1.29, 1.82) is 0 Å². The van der Waals surface area contributed by atoms with Gasteiger partial charge in [-0.1, -0.05) is 0 Å². The average Bonchev–Trinajstić information content (AvgIpc) is 2.74. The molecule has 4 nitrogen and oxygen atoms in total. The van der Waals surface area contributed by atoms with E-state index in [0.717, 1.165) is 39.1 Å². The van der Waals surface area contributed by atoms with E-state index in [2.05, 4.69) is 0 Å². The molecule has 0 radical (unpaired) electrons. The maximum atomic E-state index is 11.9. The molecule has 2 saturated heterocycles. The molecule has 1 unspecified atom stereocenters. The SMILES string of the molecule is CC(C)(C)OC(=O)N1CCC2(CCOC2)C1. The predicted octanol–water partition coefficient (Wildman–Crippen LogP) is 2.03. The van der Waals surface area contributed by atoms with Crippen molar-refractivity contribution in [2.75, 3.05) is 26.3 Å². The van der Waals surface area contributed by atoms with Crippen LogP contribution in [0.25, 0.3) is 0 Å². The molecular weight excluding hydrogens is 206 g/mol. The summed E-state index contributed by atoms with van der Waals surface area (Å²) in [5, 5.41) is 0. The molecule has 0 aromatic carbocycles. The van der Waals surface area contributed by atoms with Crippen molar-refractivity contribution in [3.8, 4) is 0 Å². The van der Waals surface area contributed by atoms with Gasteiger partial charge < -0.3 is 14.4 Å². The Kier molecular flexibility index (Phi) is 2.86. The third kappa shape index (κ3) is 2.48. The van der Waals surface area contributed by atoms with E-state index in [1.54, 1.807) is 0 Å². The lowest BCUT2D eigenvalue weighted by Gasteiger charge is -2.26. The van der Waals surface area contributed by atoms with Crippen LogP contribution < -0.4 is 0 Å². The summed E-state index contributed by atoms with van der Waals surface area (Å²) in [6.07, 6.45) is 1.94. The zero-order chi connectivity index (χ0) is 11.8. The summed E-state index contributed by atoms with van der Waals surface area (Å²) in [5.41, 5.74) is -0.185. The second kappa shape index (κ2) is 3.91. The minimum Gasteiger partial charge on any atom is -0.444 e. The largest absolute Gasteiger partial charge is 0.444 e. The molecule has 16 heavy (non-hydrogen) atoms. The van der Waals surface area contributed by atoms with Crippen molar-refractivity contribution in [3.05, 3.63) is 0 Å². The first-order chi connectivity index (χ1) is 7.40. The molecule has 1 atom stereocenters. The van der Waals surface area contributed by atoms with Gasteiger partial charge in [-0.25, -0.2) is 4.79 Å². The van der Waals surface area contributed by atoms with Gasteiger partial charge in [-0.3, -0.25) is 0 Å². The minimum absolute atomic E-state index is 0.184. The van der Waals surface area contributed by atoms with Crippen molar-refractivity contribution < 1.29 is 14.3 Å². The fraction of sp³-hybridized carbons (Fsp3) is 0.917.